The molecule has 104 valence electrons. The van der Waals surface area contributed by atoms with Crippen molar-refractivity contribution in [2.45, 2.75) is 6.92 Å². The Morgan fingerprint density at radius 1 is 1.20 bits per heavy atom. The van der Waals surface area contributed by atoms with E-state index in [-0.39, 0.29) is 10.2 Å². The number of anilines is 2. The van der Waals surface area contributed by atoms with Crippen LogP contribution in [0.1, 0.15) is 5.56 Å². The van der Waals surface area contributed by atoms with Crippen molar-refractivity contribution in [3.63, 3.8) is 0 Å². The molecule has 0 aromatic heterocycles. The lowest BCUT2D eigenvalue weighted by molar-refractivity contribution is -0.386. The van der Waals surface area contributed by atoms with E-state index in [1.165, 1.54) is 24.3 Å². The van der Waals surface area contributed by atoms with Gasteiger partial charge in [-0.2, -0.15) is 4.39 Å². The van der Waals surface area contributed by atoms with Crippen LogP contribution in [0.15, 0.2) is 34.8 Å². The summed E-state index contributed by atoms with van der Waals surface area (Å²) in [4.78, 5) is 10.1. The molecule has 0 unspecified atom stereocenters. The van der Waals surface area contributed by atoms with Gasteiger partial charge < -0.3 is 5.32 Å². The third kappa shape index (κ3) is 2.77. The monoisotopic (exact) mass is 342 g/mol. The van der Waals surface area contributed by atoms with E-state index in [1.807, 2.05) is 0 Å². The number of hydrogen-bond acceptors (Lipinski definition) is 3. The molecule has 0 atom stereocenters. The molecule has 0 saturated carbocycles. The molecule has 7 heteroatoms. The van der Waals surface area contributed by atoms with Gasteiger partial charge in [-0.05, 0) is 52.7 Å². The average molecular weight is 343 g/mol. The fourth-order valence-electron chi connectivity index (χ4n) is 1.73. The number of aryl methyl sites for hydroxylation is 1. The fourth-order valence-corrected chi connectivity index (χ4v) is 2.07. The molecule has 4 nitrogen and oxygen atoms in total. The van der Waals surface area contributed by atoms with Crippen molar-refractivity contribution in [3.05, 3.63) is 62.1 Å². The maximum atomic E-state index is 13.5. The van der Waals surface area contributed by atoms with Crippen molar-refractivity contribution in [2.24, 2.45) is 0 Å². The number of halogens is 3. The number of para-hydroxylation sites is 1. The molecule has 2 rings (SSSR count). The first-order chi connectivity index (χ1) is 9.40. The van der Waals surface area contributed by atoms with Crippen molar-refractivity contribution >= 4 is 33.0 Å². The summed E-state index contributed by atoms with van der Waals surface area (Å²) in [6, 6.07) is 6.48. The summed E-state index contributed by atoms with van der Waals surface area (Å²) in [7, 11) is 0. The first kappa shape index (κ1) is 14.4. The fraction of sp³-hybridized carbons (Fsp3) is 0.0769. The summed E-state index contributed by atoms with van der Waals surface area (Å²) in [6.07, 6.45) is 0. The van der Waals surface area contributed by atoms with Crippen LogP contribution in [0.2, 0.25) is 0 Å². The Bertz CT molecular complexity index is 692. The summed E-state index contributed by atoms with van der Waals surface area (Å²) >= 11 is 3.03. The van der Waals surface area contributed by atoms with Crippen LogP contribution in [-0.2, 0) is 0 Å². The molecule has 0 spiro atoms. The Labute approximate surface area is 121 Å². The Balaban J connectivity index is 2.48. The Hall–Kier alpha value is -2.02. The number of nitrogens with zero attached hydrogens (tertiary/aromatic N) is 1. The van der Waals surface area contributed by atoms with Gasteiger partial charge in [-0.25, -0.2) is 4.39 Å². The van der Waals surface area contributed by atoms with Gasteiger partial charge in [-0.3, -0.25) is 10.1 Å². The van der Waals surface area contributed by atoms with Crippen molar-refractivity contribution in [2.75, 3.05) is 5.32 Å². The van der Waals surface area contributed by atoms with Crippen LogP contribution in [0.5, 0.6) is 0 Å². The molecular formula is C13H9BrF2N2O2. The second-order valence-electron chi connectivity index (χ2n) is 4.10. The lowest BCUT2D eigenvalue weighted by Gasteiger charge is -2.11. The van der Waals surface area contributed by atoms with Gasteiger partial charge in [-0.1, -0.05) is 6.07 Å². The number of nitro groups is 1. The van der Waals surface area contributed by atoms with Gasteiger partial charge in [0.05, 0.1) is 9.40 Å². The smallest absolute Gasteiger partial charge is 0.327 e. The first-order valence-electron chi connectivity index (χ1n) is 5.55. The van der Waals surface area contributed by atoms with Crippen LogP contribution < -0.4 is 5.32 Å². The van der Waals surface area contributed by atoms with E-state index in [4.69, 9.17) is 0 Å². The van der Waals surface area contributed by atoms with Crippen molar-refractivity contribution in [3.8, 4) is 0 Å². The van der Waals surface area contributed by atoms with E-state index < -0.39 is 22.2 Å². The zero-order valence-electron chi connectivity index (χ0n) is 10.3. The maximum Gasteiger partial charge on any atom is 0.327 e. The van der Waals surface area contributed by atoms with E-state index in [0.717, 1.165) is 6.07 Å². The molecule has 0 amide bonds. The minimum atomic E-state index is -0.932. The van der Waals surface area contributed by atoms with Crippen LogP contribution >= 0.6 is 15.9 Å². The molecule has 0 radical (unpaired) electrons. The predicted octanol–water partition coefficient (Wildman–Crippen LogP) is 4.69. The minimum absolute atomic E-state index is 0.0107. The van der Waals surface area contributed by atoms with Gasteiger partial charge in [0.15, 0.2) is 0 Å². The van der Waals surface area contributed by atoms with Crippen LogP contribution in [-0.4, -0.2) is 4.92 Å². The van der Waals surface area contributed by atoms with E-state index in [2.05, 4.69) is 21.2 Å². The summed E-state index contributed by atoms with van der Waals surface area (Å²) < 4.78 is 27.0. The van der Waals surface area contributed by atoms with Gasteiger partial charge in [0.2, 0.25) is 5.82 Å². The molecule has 0 aliphatic rings. The van der Waals surface area contributed by atoms with Crippen molar-refractivity contribution < 1.29 is 13.7 Å². The second kappa shape index (κ2) is 5.54. The number of nitro benzene ring substituents is 1. The molecule has 2 aromatic carbocycles. The zero-order chi connectivity index (χ0) is 14.9. The summed E-state index contributed by atoms with van der Waals surface area (Å²) in [5.74, 6) is -1.37. The third-order valence-corrected chi connectivity index (χ3v) is 3.31. The van der Waals surface area contributed by atoms with Gasteiger partial charge in [0, 0.05) is 5.69 Å². The van der Waals surface area contributed by atoms with E-state index in [9.17, 15) is 18.9 Å². The van der Waals surface area contributed by atoms with Gasteiger partial charge >= 0.3 is 5.69 Å². The van der Waals surface area contributed by atoms with Crippen molar-refractivity contribution in [1.82, 2.24) is 0 Å². The topological polar surface area (TPSA) is 55.2 Å². The molecule has 1 N–H and O–H groups in total. The lowest BCUT2D eigenvalue weighted by atomic mass is 10.1. The Kier molecular flexibility index (Phi) is 3.99. The molecule has 0 aliphatic heterocycles. The number of benzene rings is 2. The molecule has 0 aliphatic carbocycles. The SMILES string of the molecule is Cc1cc(F)c(Br)cc1Nc1cccc(F)c1[N+](=O)[O-]. The standard InChI is InChI=1S/C13H9BrF2N2O2/c1-7-5-10(16)8(14)6-12(7)17-11-4-2-3-9(15)13(11)18(19)20/h2-6,17H,1H3. The predicted molar refractivity (Wildman–Crippen MR) is 75.2 cm³/mol. The second-order valence-corrected chi connectivity index (χ2v) is 4.95. The number of rotatable bonds is 3. The van der Waals surface area contributed by atoms with Crippen LogP contribution in [0, 0.1) is 28.7 Å². The van der Waals surface area contributed by atoms with Crippen LogP contribution in [0.3, 0.4) is 0 Å². The summed E-state index contributed by atoms with van der Waals surface area (Å²) in [6.45, 7) is 1.64. The number of nitrogens with one attached hydrogen (secondary N) is 1. The molecule has 20 heavy (non-hydrogen) atoms. The minimum Gasteiger partial charge on any atom is -0.350 e. The maximum absolute atomic E-state index is 13.5. The lowest BCUT2D eigenvalue weighted by Crippen LogP contribution is -2.01. The van der Waals surface area contributed by atoms with E-state index >= 15 is 0 Å². The molecule has 2 aromatic rings. The highest BCUT2D eigenvalue weighted by molar-refractivity contribution is 9.10. The van der Waals surface area contributed by atoms with Gasteiger partial charge in [0.1, 0.15) is 11.5 Å². The van der Waals surface area contributed by atoms with E-state index in [0.29, 0.717) is 11.3 Å². The third-order valence-electron chi connectivity index (χ3n) is 2.71. The van der Waals surface area contributed by atoms with Gasteiger partial charge in [0.25, 0.3) is 0 Å². The molecule has 0 heterocycles. The highest BCUT2D eigenvalue weighted by Crippen LogP contribution is 2.32. The zero-order valence-corrected chi connectivity index (χ0v) is 11.9. The normalized spacial score (nSPS) is 10.4. The average Bonchev–Trinajstić information content (AvgIpc) is 2.35. The summed E-state index contributed by atoms with van der Waals surface area (Å²) in [5.41, 5.74) is 0.361. The Morgan fingerprint density at radius 3 is 2.55 bits per heavy atom. The molecule has 0 fully saturated rings. The van der Waals surface area contributed by atoms with Gasteiger partial charge in [-0.15, -0.1) is 0 Å². The van der Waals surface area contributed by atoms with Crippen LogP contribution in [0.25, 0.3) is 0 Å². The molecular weight excluding hydrogens is 334 g/mol. The van der Waals surface area contributed by atoms with Crippen molar-refractivity contribution in [1.29, 1.82) is 0 Å². The van der Waals surface area contributed by atoms with Crippen LogP contribution in [0.4, 0.5) is 25.8 Å². The molecule has 0 saturated heterocycles. The quantitative estimate of drug-likeness (QED) is 0.650. The highest BCUT2D eigenvalue weighted by atomic mass is 79.9. The van der Waals surface area contributed by atoms with E-state index in [1.54, 1.807) is 6.92 Å². The molecule has 0 bridgehead atoms. The Morgan fingerprint density at radius 2 is 1.90 bits per heavy atom. The summed E-state index contributed by atoms with van der Waals surface area (Å²) in [5, 5.41) is 13.6. The highest BCUT2D eigenvalue weighted by Gasteiger charge is 2.20. The first-order valence-corrected chi connectivity index (χ1v) is 6.35. The number of hydrogen-bond donors (Lipinski definition) is 1. The largest absolute Gasteiger partial charge is 0.350 e.